The van der Waals surface area contributed by atoms with Gasteiger partial charge in [0.25, 0.3) is 10.0 Å². The van der Waals surface area contributed by atoms with Crippen LogP contribution in [0.1, 0.15) is 6.92 Å². The van der Waals surface area contributed by atoms with Crippen molar-refractivity contribution < 1.29 is 13.2 Å². The Balaban J connectivity index is 2.24. The summed E-state index contributed by atoms with van der Waals surface area (Å²) >= 11 is 5.89. The van der Waals surface area contributed by atoms with Crippen molar-refractivity contribution >= 4 is 38.9 Å². The zero-order chi connectivity index (χ0) is 15.5. The van der Waals surface area contributed by atoms with Crippen molar-refractivity contribution in [3.63, 3.8) is 0 Å². The zero-order valence-electron chi connectivity index (χ0n) is 11.0. The number of sulfonamides is 1. The molecule has 1 aromatic carbocycles. The van der Waals surface area contributed by atoms with Gasteiger partial charge in [-0.05, 0) is 30.3 Å². The monoisotopic (exact) mass is 325 g/mol. The first-order valence-electron chi connectivity index (χ1n) is 5.88. The van der Waals surface area contributed by atoms with Gasteiger partial charge in [0, 0.05) is 18.8 Å². The molecule has 6 nitrogen and oxygen atoms in total. The lowest BCUT2D eigenvalue weighted by Crippen LogP contribution is -2.13. The Bertz CT molecular complexity index is 760. The predicted molar refractivity (Wildman–Crippen MR) is 80.8 cm³/mol. The van der Waals surface area contributed by atoms with E-state index in [4.69, 9.17) is 11.6 Å². The highest BCUT2D eigenvalue weighted by Gasteiger charge is 2.15. The molecule has 2 rings (SSSR count). The van der Waals surface area contributed by atoms with E-state index >= 15 is 0 Å². The summed E-state index contributed by atoms with van der Waals surface area (Å²) in [5.41, 5.74) is 0.714. The average molecular weight is 326 g/mol. The minimum atomic E-state index is -3.77. The average Bonchev–Trinajstić information content (AvgIpc) is 2.41. The smallest absolute Gasteiger partial charge is 0.261 e. The van der Waals surface area contributed by atoms with Gasteiger partial charge in [-0.15, -0.1) is 0 Å². The Hall–Kier alpha value is -2.12. The minimum Gasteiger partial charge on any atom is -0.326 e. The number of halogens is 1. The molecule has 0 fully saturated rings. The third kappa shape index (κ3) is 3.93. The van der Waals surface area contributed by atoms with Gasteiger partial charge in [0.05, 0.1) is 21.8 Å². The molecule has 0 radical (unpaired) electrons. The van der Waals surface area contributed by atoms with Crippen molar-refractivity contribution in [2.45, 2.75) is 11.8 Å². The molecule has 2 N–H and O–H groups in total. The van der Waals surface area contributed by atoms with E-state index in [2.05, 4.69) is 15.0 Å². The third-order valence-corrected chi connectivity index (χ3v) is 4.21. The second-order valence-electron chi connectivity index (χ2n) is 4.17. The van der Waals surface area contributed by atoms with Crippen LogP contribution in [0.25, 0.3) is 0 Å². The summed E-state index contributed by atoms with van der Waals surface area (Å²) in [5, 5.41) is 2.81. The zero-order valence-corrected chi connectivity index (χ0v) is 12.6. The van der Waals surface area contributed by atoms with Gasteiger partial charge in [-0.3, -0.25) is 14.5 Å². The van der Waals surface area contributed by atoms with Crippen molar-refractivity contribution in [2.75, 3.05) is 10.0 Å². The lowest BCUT2D eigenvalue weighted by molar-refractivity contribution is -0.114. The molecule has 0 unspecified atom stereocenters. The second-order valence-corrected chi connectivity index (χ2v) is 6.26. The number of aromatic nitrogens is 1. The summed E-state index contributed by atoms with van der Waals surface area (Å²) in [6.07, 6.45) is 2.79. The number of rotatable bonds is 4. The van der Waals surface area contributed by atoms with Gasteiger partial charge in [-0.1, -0.05) is 11.6 Å². The summed E-state index contributed by atoms with van der Waals surface area (Å²) in [5.74, 6) is -0.231. The van der Waals surface area contributed by atoms with Gasteiger partial charge in [0.15, 0.2) is 0 Å². The summed E-state index contributed by atoms with van der Waals surface area (Å²) in [7, 11) is -3.77. The number of amides is 1. The van der Waals surface area contributed by atoms with E-state index in [1.807, 2.05) is 0 Å². The first kappa shape index (κ1) is 15.3. The molecular weight excluding hydrogens is 314 g/mol. The van der Waals surface area contributed by atoms with Crippen molar-refractivity contribution in [1.29, 1.82) is 0 Å². The van der Waals surface area contributed by atoms with Gasteiger partial charge in [0.1, 0.15) is 0 Å². The van der Waals surface area contributed by atoms with Crippen molar-refractivity contribution in [3.8, 4) is 0 Å². The maximum Gasteiger partial charge on any atom is 0.261 e. The Kier molecular flexibility index (Phi) is 4.44. The third-order valence-electron chi connectivity index (χ3n) is 2.50. The van der Waals surface area contributed by atoms with Crippen LogP contribution in [0.15, 0.2) is 47.6 Å². The molecule has 0 atom stereocenters. The van der Waals surface area contributed by atoms with Gasteiger partial charge >= 0.3 is 0 Å². The molecule has 0 aliphatic heterocycles. The number of nitrogens with zero attached hydrogens (tertiary/aromatic N) is 1. The number of hydrogen-bond donors (Lipinski definition) is 2. The fourth-order valence-electron chi connectivity index (χ4n) is 1.58. The van der Waals surface area contributed by atoms with Gasteiger partial charge in [0.2, 0.25) is 5.91 Å². The first-order chi connectivity index (χ1) is 9.88. The van der Waals surface area contributed by atoms with E-state index in [1.54, 1.807) is 0 Å². The first-order valence-corrected chi connectivity index (χ1v) is 7.74. The van der Waals surface area contributed by atoms with E-state index in [9.17, 15) is 13.2 Å². The number of anilines is 2. The van der Waals surface area contributed by atoms with Gasteiger partial charge in [-0.2, -0.15) is 0 Å². The molecule has 0 saturated carbocycles. The van der Waals surface area contributed by atoms with Crippen molar-refractivity contribution in [1.82, 2.24) is 4.98 Å². The van der Waals surface area contributed by atoms with Gasteiger partial charge in [-0.25, -0.2) is 8.42 Å². The molecule has 110 valence electrons. The quantitative estimate of drug-likeness (QED) is 0.904. The highest BCUT2D eigenvalue weighted by atomic mass is 35.5. The van der Waals surface area contributed by atoms with Crippen LogP contribution >= 0.6 is 11.6 Å². The molecule has 8 heteroatoms. The number of nitrogens with one attached hydrogen (secondary N) is 2. The van der Waals surface area contributed by atoms with Crippen LogP contribution in [0.5, 0.6) is 0 Å². The Morgan fingerprint density at radius 3 is 2.43 bits per heavy atom. The minimum absolute atomic E-state index is 0.0523. The maximum absolute atomic E-state index is 12.2. The molecule has 1 aromatic heterocycles. The summed E-state index contributed by atoms with van der Waals surface area (Å²) in [4.78, 5) is 14.8. The fourth-order valence-corrected chi connectivity index (χ4v) is 2.85. The van der Waals surface area contributed by atoms with E-state index in [-0.39, 0.29) is 21.5 Å². The summed E-state index contributed by atoms with van der Waals surface area (Å²) in [6, 6.07) is 7.26. The van der Waals surface area contributed by atoms with Crippen LogP contribution in [0.4, 0.5) is 11.4 Å². The molecule has 21 heavy (non-hydrogen) atoms. The number of carbonyl (C=O) groups is 1. The Morgan fingerprint density at radius 1 is 1.19 bits per heavy atom. The molecule has 0 saturated heterocycles. The molecule has 1 heterocycles. The molecule has 2 aromatic rings. The Morgan fingerprint density at radius 2 is 1.86 bits per heavy atom. The van der Waals surface area contributed by atoms with E-state index in [0.29, 0.717) is 5.69 Å². The Labute approximate surface area is 127 Å². The highest BCUT2D eigenvalue weighted by Crippen LogP contribution is 2.23. The van der Waals surface area contributed by atoms with Crippen molar-refractivity contribution in [3.05, 3.63) is 47.7 Å². The largest absolute Gasteiger partial charge is 0.326 e. The summed E-state index contributed by atoms with van der Waals surface area (Å²) in [6.45, 7) is 1.37. The van der Waals surface area contributed by atoms with Gasteiger partial charge < -0.3 is 5.32 Å². The van der Waals surface area contributed by atoms with Crippen LogP contribution in [0, 0.1) is 0 Å². The molecule has 0 bridgehead atoms. The van der Waals surface area contributed by atoms with Crippen LogP contribution in [-0.4, -0.2) is 19.3 Å². The maximum atomic E-state index is 12.2. The molecule has 0 aliphatic rings. The fraction of sp³-hybridized carbons (Fsp3) is 0.0769. The highest BCUT2D eigenvalue weighted by molar-refractivity contribution is 7.92. The normalized spacial score (nSPS) is 11.0. The van der Waals surface area contributed by atoms with Crippen LogP contribution < -0.4 is 10.0 Å². The molecule has 0 aliphatic carbocycles. The SMILES string of the molecule is CC(=O)Nc1ccc(S(=O)(=O)Nc2cnccc2Cl)cc1. The number of pyridine rings is 1. The van der Waals surface area contributed by atoms with E-state index in [0.717, 1.165) is 0 Å². The van der Waals surface area contributed by atoms with E-state index < -0.39 is 10.0 Å². The molecule has 1 amide bonds. The van der Waals surface area contributed by atoms with Crippen LogP contribution in [0.3, 0.4) is 0 Å². The lowest BCUT2D eigenvalue weighted by atomic mass is 10.3. The van der Waals surface area contributed by atoms with Crippen LogP contribution in [0.2, 0.25) is 5.02 Å². The number of benzene rings is 1. The lowest BCUT2D eigenvalue weighted by Gasteiger charge is -2.09. The van der Waals surface area contributed by atoms with E-state index in [1.165, 1.54) is 49.6 Å². The van der Waals surface area contributed by atoms with Crippen molar-refractivity contribution in [2.24, 2.45) is 0 Å². The standard InChI is InChI=1S/C13H12ClN3O3S/c1-9(18)16-10-2-4-11(5-3-10)21(19,20)17-13-8-15-7-6-12(13)14/h2-8,17H,1H3,(H,16,18). The topological polar surface area (TPSA) is 88.2 Å². The number of hydrogen-bond acceptors (Lipinski definition) is 4. The molecular formula is C13H12ClN3O3S. The number of carbonyl (C=O) groups excluding carboxylic acids is 1. The summed E-state index contributed by atoms with van der Waals surface area (Å²) < 4.78 is 26.8. The van der Waals surface area contributed by atoms with Crippen LogP contribution in [-0.2, 0) is 14.8 Å². The second kappa shape index (κ2) is 6.11. The molecule has 0 spiro atoms. The predicted octanol–water partition coefficient (Wildman–Crippen LogP) is 2.49.